The van der Waals surface area contributed by atoms with Crippen LogP contribution in [-0.4, -0.2) is 10.2 Å². The van der Waals surface area contributed by atoms with Gasteiger partial charge in [0.25, 0.3) is 0 Å². The van der Waals surface area contributed by atoms with E-state index in [1.165, 1.54) is 25.3 Å². The molecule has 0 heterocycles. The number of alkyl halides is 1. The molecule has 1 rings (SSSR count). The molecule has 0 bridgehead atoms. The van der Waals surface area contributed by atoms with Crippen LogP contribution in [0.25, 0.3) is 0 Å². The van der Waals surface area contributed by atoms with Crippen molar-refractivity contribution in [3.63, 3.8) is 0 Å². The summed E-state index contributed by atoms with van der Waals surface area (Å²) in [6, 6.07) is 5.15. The molecule has 1 atom stereocenters. The molecule has 15 heavy (non-hydrogen) atoms. The number of benzene rings is 1. The number of unbranched alkanes of at least 4 members (excludes halogenated alkanes) is 2. The van der Waals surface area contributed by atoms with Crippen LogP contribution in [0.4, 0.5) is 0 Å². The molecule has 0 fully saturated rings. The van der Waals surface area contributed by atoms with Gasteiger partial charge < -0.3 is 10.2 Å². The van der Waals surface area contributed by atoms with Gasteiger partial charge in [0.05, 0.1) is 0 Å². The molecule has 3 heteroatoms. The Bertz CT molecular complexity index is 312. The quantitative estimate of drug-likeness (QED) is 0.370. The fourth-order valence-electron chi connectivity index (χ4n) is 1.53. The second kappa shape index (κ2) is 6.20. The molecule has 1 aromatic carbocycles. The highest BCUT2D eigenvalue weighted by atomic mass is 127. The van der Waals surface area contributed by atoms with E-state index in [0.29, 0.717) is 0 Å². The van der Waals surface area contributed by atoms with Crippen molar-refractivity contribution in [3.05, 3.63) is 23.8 Å². The van der Waals surface area contributed by atoms with Crippen molar-refractivity contribution >= 4 is 22.6 Å². The fraction of sp³-hybridized carbons (Fsp3) is 0.500. The third-order valence-corrected chi connectivity index (χ3v) is 3.74. The standard InChI is InChI=1S/C12H17IO2/c1-2-3-4-7-10(13)9-6-5-8-11(14)12(9)15/h5-6,8,10,14-15H,2-4,7H2,1H3. The minimum atomic E-state index is -0.0235. The third-order valence-electron chi connectivity index (χ3n) is 2.44. The number of phenols is 2. The summed E-state index contributed by atoms with van der Waals surface area (Å²) in [4.78, 5) is 0. The van der Waals surface area contributed by atoms with Crippen LogP contribution in [-0.2, 0) is 0 Å². The van der Waals surface area contributed by atoms with Crippen LogP contribution in [0.2, 0.25) is 0 Å². The molecule has 0 saturated heterocycles. The van der Waals surface area contributed by atoms with Crippen LogP contribution < -0.4 is 0 Å². The van der Waals surface area contributed by atoms with Crippen LogP contribution in [0.3, 0.4) is 0 Å². The third kappa shape index (κ3) is 3.55. The number of phenolic OH excluding ortho intramolecular Hbond substituents is 2. The van der Waals surface area contributed by atoms with E-state index in [1.54, 1.807) is 6.07 Å². The normalized spacial score (nSPS) is 12.7. The predicted octanol–water partition coefficient (Wildman–Crippen LogP) is 4.15. The topological polar surface area (TPSA) is 40.5 Å². The van der Waals surface area contributed by atoms with Gasteiger partial charge in [0.2, 0.25) is 0 Å². The molecule has 0 spiro atoms. The van der Waals surface area contributed by atoms with Crippen molar-refractivity contribution in [2.24, 2.45) is 0 Å². The highest BCUT2D eigenvalue weighted by Gasteiger charge is 2.13. The highest BCUT2D eigenvalue weighted by molar-refractivity contribution is 14.1. The summed E-state index contributed by atoms with van der Waals surface area (Å²) in [7, 11) is 0. The van der Waals surface area contributed by atoms with Gasteiger partial charge in [-0.3, -0.25) is 0 Å². The highest BCUT2D eigenvalue weighted by Crippen LogP contribution is 2.39. The molecule has 0 aliphatic heterocycles. The summed E-state index contributed by atoms with van der Waals surface area (Å²) in [6.07, 6.45) is 4.64. The van der Waals surface area contributed by atoms with Crippen LogP contribution in [0.15, 0.2) is 18.2 Å². The SMILES string of the molecule is CCCCCC(I)c1cccc(O)c1O. The van der Waals surface area contributed by atoms with Crippen LogP contribution in [0.5, 0.6) is 11.5 Å². The number of aromatic hydroxyl groups is 2. The maximum absolute atomic E-state index is 9.67. The van der Waals surface area contributed by atoms with Gasteiger partial charge in [-0.15, -0.1) is 0 Å². The Morgan fingerprint density at radius 3 is 2.67 bits per heavy atom. The first-order valence-electron chi connectivity index (χ1n) is 5.31. The number of rotatable bonds is 5. The van der Waals surface area contributed by atoms with Gasteiger partial charge in [0.15, 0.2) is 11.5 Å². The molecule has 0 saturated carbocycles. The van der Waals surface area contributed by atoms with Crippen molar-refractivity contribution in [2.75, 3.05) is 0 Å². The van der Waals surface area contributed by atoms with Crippen LogP contribution >= 0.6 is 22.6 Å². The van der Waals surface area contributed by atoms with E-state index in [0.717, 1.165) is 12.0 Å². The maximum Gasteiger partial charge on any atom is 0.161 e. The number of halogens is 1. The lowest BCUT2D eigenvalue weighted by atomic mass is 10.0. The van der Waals surface area contributed by atoms with E-state index in [4.69, 9.17) is 0 Å². The van der Waals surface area contributed by atoms with Gasteiger partial charge in [-0.25, -0.2) is 0 Å². The summed E-state index contributed by atoms with van der Waals surface area (Å²) >= 11 is 2.32. The molecule has 0 radical (unpaired) electrons. The lowest BCUT2D eigenvalue weighted by Crippen LogP contribution is -1.91. The number of para-hydroxylation sites is 1. The van der Waals surface area contributed by atoms with E-state index in [9.17, 15) is 10.2 Å². The van der Waals surface area contributed by atoms with Gasteiger partial charge in [-0.2, -0.15) is 0 Å². The Hall–Kier alpha value is -0.450. The first-order chi connectivity index (χ1) is 7.16. The first kappa shape index (κ1) is 12.6. The molecule has 1 unspecified atom stereocenters. The van der Waals surface area contributed by atoms with Gasteiger partial charge in [-0.05, 0) is 12.5 Å². The van der Waals surface area contributed by atoms with Crippen molar-refractivity contribution in [1.29, 1.82) is 0 Å². The minimum Gasteiger partial charge on any atom is -0.504 e. The maximum atomic E-state index is 9.67. The molecule has 0 aliphatic carbocycles. The van der Waals surface area contributed by atoms with Gasteiger partial charge in [0.1, 0.15) is 0 Å². The van der Waals surface area contributed by atoms with E-state index in [1.807, 2.05) is 6.07 Å². The smallest absolute Gasteiger partial charge is 0.161 e. The second-order valence-electron chi connectivity index (χ2n) is 3.68. The van der Waals surface area contributed by atoms with Crippen LogP contribution in [0.1, 0.15) is 42.1 Å². The Morgan fingerprint density at radius 2 is 2.00 bits per heavy atom. The zero-order chi connectivity index (χ0) is 11.3. The van der Waals surface area contributed by atoms with E-state index < -0.39 is 0 Å². The molecular formula is C12H17IO2. The number of hydrogen-bond donors (Lipinski definition) is 2. The summed E-state index contributed by atoms with van der Waals surface area (Å²) < 4.78 is 0.279. The molecule has 0 aliphatic rings. The van der Waals surface area contributed by atoms with E-state index in [2.05, 4.69) is 29.5 Å². The minimum absolute atomic E-state index is 0.0235. The molecule has 0 aromatic heterocycles. The van der Waals surface area contributed by atoms with Gasteiger partial charge >= 0.3 is 0 Å². The first-order valence-corrected chi connectivity index (χ1v) is 6.56. The molecule has 84 valence electrons. The average molecular weight is 320 g/mol. The predicted molar refractivity (Wildman–Crippen MR) is 70.7 cm³/mol. The zero-order valence-electron chi connectivity index (χ0n) is 8.91. The molecule has 2 nitrogen and oxygen atoms in total. The molecular weight excluding hydrogens is 303 g/mol. The second-order valence-corrected chi connectivity index (χ2v) is 5.18. The average Bonchev–Trinajstić information content (AvgIpc) is 2.22. The van der Waals surface area contributed by atoms with Gasteiger partial charge in [0, 0.05) is 9.49 Å². The summed E-state index contributed by atoms with van der Waals surface area (Å²) in [6.45, 7) is 2.17. The molecule has 0 amide bonds. The van der Waals surface area contributed by atoms with Crippen molar-refractivity contribution in [3.8, 4) is 11.5 Å². The Balaban J connectivity index is 2.65. The monoisotopic (exact) mass is 320 g/mol. The summed E-state index contributed by atoms with van der Waals surface area (Å²) in [5, 5.41) is 19.0. The van der Waals surface area contributed by atoms with Gasteiger partial charge in [-0.1, -0.05) is 60.9 Å². The van der Waals surface area contributed by atoms with E-state index >= 15 is 0 Å². The van der Waals surface area contributed by atoms with Crippen molar-refractivity contribution in [2.45, 2.75) is 36.5 Å². The Kier molecular flexibility index (Phi) is 5.22. The molecule has 1 aromatic rings. The van der Waals surface area contributed by atoms with Crippen molar-refractivity contribution in [1.82, 2.24) is 0 Å². The van der Waals surface area contributed by atoms with Crippen LogP contribution in [0, 0.1) is 0 Å². The zero-order valence-corrected chi connectivity index (χ0v) is 11.1. The lowest BCUT2D eigenvalue weighted by Gasteiger charge is -2.12. The van der Waals surface area contributed by atoms with Crippen molar-refractivity contribution < 1.29 is 10.2 Å². The number of hydrogen-bond acceptors (Lipinski definition) is 2. The Labute approximate surface area is 104 Å². The summed E-state index contributed by atoms with van der Waals surface area (Å²) in [5.41, 5.74) is 0.840. The van der Waals surface area contributed by atoms with E-state index in [-0.39, 0.29) is 15.4 Å². The Morgan fingerprint density at radius 1 is 1.27 bits per heavy atom. The largest absolute Gasteiger partial charge is 0.504 e. The molecule has 2 N–H and O–H groups in total. The fourth-order valence-corrected chi connectivity index (χ4v) is 2.47. The summed E-state index contributed by atoms with van der Waals surface area (Å²) in [5.74, 6) is 0.0121. The lowest BCUT2D eigenvalue weighted by molar-refractivity contribution is 0.399.